The Kier molecular flexibility index (Phi) is 22.5. The van der Waals surface area contributed by atoms with Gasteiger partial charge in [-0.15, -0.1) is 0 Å². The number of fused-ring (bicyclic) bond motifs is 3. The lowest BCUT2D eigenvalue weighted by Crippen LogP contribution is -2.61. The lowest BCUT2D eigenvalue weighted by Gasteiger charge is -2.42. The summed E-state index contributed by atoms with van der Waals surface area (Å²) in [5.74, 6) is -8.71. The first kappa shape index (κ1) is 59.2. The highest BCUT2D eigenvalue weighted by molar-refractivity contribution is 6.39. The van der Waals surface area contributed by atoms with Crippen LogP contribution in [0.4, 0.5) is 0 Å². The van der Waals surface area contributed by atoms with E-state index in [2.05, 4.69) is 0 Å². The Hall–Kier alpha value is -4.64. The Balaban J connectivity index is 1.44. The van der Waals surface area contributed by atoms with E-state index >= 15 is 0 Å². The number of hydrogen-bond acceptors (Lipinski definition) is 14. The van der Waals surface area contributed by atoms with Gasteiger partial charge < -0.3 is 43.5 Å². The second-order valence-corrected chi connectivity index (χ2v) is 21.3. The van der Waals surface area contributed by atoms with Gasteiger partial charge in [0.25, 0.3) is 11.7 Å². The number of aliphatic hydroxyl groups is 2. The van der Waals surface area contributed by atoms with E-state index in [-0.39, 0.29) is 42.8 Å². The molecule has 1 aromatic carbocycles. The van der Waals surface area contributed by atoms with E-state index in [1.807, 2.05) is 64.1 Å². The normalized spacial score (nSPS) is 36.0. The predicted octanol–water partition coefficient (Wildman–Crippen LogP) is 8.05. The summed E-state index contributed by atoms with van der Waals surface area (Å²) in [6, 6.07) is 7.59. The van der Waals surface area contributed by atoms with Crippen molar-refractivity contribution in [1.82, 2.24) is 4.90 Å². The molecule has 2 N–H and O–H groups in total. The van der Waals surface area contributed by atoms with Crippen LogP contribution in [0, 0.1) is 35.5 Å². The number of ether oxygens (including phenoxy) is 6. The van der Waals surface area contributed by atoms with Crippen LogP contribution < -0.4 is 0 Å². The number of aliphatic hydroxyl groups excluding tert-OH is 1. The summed E-state index contributed by atoms with van der Waals surface area (Å²) in [6.45, 7) is 12.7. The number of allylic oxidation sites excluding steroid dienone is 6. The number of amides is 1. The molecular formula is C58H83NO14. The quantitative estimate of drug-likeness (QED) is 0.144. The van der Waals surface area contributed by atoms with Crippen LogP contribution in [-0.2, 0) is 52.4 Å². The third-order valence-corrected chi connectivity index (χ3v) is 15.7. The Morgan fingerprint density at radius 2 is 1.56 bits per heavy atom. The van der Waals surface area contributed by atoms with Crippen molar-refractivity contribution in [3.8, 4) is 0 Å². The SMILES string of the molecule is CO[C@H]1C[C@@H]2CC[C@@H](C)[C@@](O)(O2)C(=O)C(=O)N2CCCC[C@H]2C(=O)O[C@H](C(C)C[C@@H]2CC[C@@H](OC(=O)c3ccccc3)[C@H](OC)C2)CC(=O)[C@H](C)/C=C(\C)[C@@H](O)[C@@H](OC)C(=O)[C@H](C)C[C@H](C)/C=C/C=CC=C1C. The summed E-state index contributed by atoms with van der Waals surface area (Å²) in [5.41, 5.74) is 1.69. The van der Waals surface area contributed by atoms with Crippen LogP contribution in [0.25, 0.3) is 0 Å². The van der Waals surface area contributed by atoms with Crippen LogP contribution in [0.5, 0.6) is 0 Å². The summed E-state index contributed by atoms with van der Waals surface area (Å²) < 4.78 is 35.8. The minimum absolute atomic E-state index is 0.00536. The molecule has 15 atom stereocenters. The van der Waals surface area contributed by atoms with Crippen LogP contribution in [-0.4, -0.2) is 133 Å². The monoisotopic (exact) mass is 1020 g/mol. The molecule has 73 heavy (non-hydrogen) atoms. The highest BCUT2D eigenvalue weighted by Crippen LogP contribution is 2.38. The first-order chi connectivity index (χ1) is 34.7. The molecule has 404 valence electrons. The number of carbonyl (C=O) groups is 6. The van der Waals surface area contributed by atoms with Gasteiger partial charge in [0.1, 0.15) is 36.2 Å². The molecule has 3 heterocycles. The number of piperidine rings is 1. The smallest absolute Gasteiger partial charge is 0.338 e. The molecule has 15 nitrogen and oxygen atoms in total. The average Bonchev–Trinajstić information content (AvgIpc) is 3.38. The fraction of sp³-hybridized carbons (Fsp3) is 0.655. The molecule has 15 heteroatoms. The van der Waals surface area contributed by atoms with Gasteiger partial charge in [-0.2, -0.15) is 0 Å². The van der Waals surface area contributed by atoms with E-state index in [0.29, 0.717) is 75.3 Å². The van der Waals surface area contributed by atoms with E-state index in [9.17, 15) is 39.0 Å². The van der Waals surface area contributed by atoms with Gasteiger partial charge in [-0.25, -0.2) is 9.59 Å². The standard InChI is InChI=1S/C58H83NO14/c1-35-19-13-11-14-20-36(2)48(68-8)33-44-26-24-41(7)58(67,73-44)54(63)55(64)59-28-18-17-23-45(59)57(66)72-49(34-46(60)37(3)30-40(6)52(62)53(70-10)51(61)39(5)29-35)38(4)31-42-25-27-47(50(32-42)69-9)71-56(65)43-21-15-12-16-22-43/h11-16,19-22,30,35,37-39,41-42,44-45,47-50,52-53,62,67H,17-18,23-29,31-34H2,1-10H3/b14-11?,19-13+,36-20?,40-30+/t35-,37-,38?,39-,41-,42+,44+,45+,47-,48+,49+,50-,52-,53+,58-/m1/s1. The predicted molar refractivity (Wildman–Crippen MR) is 275 cm³/mol. The Morgan fingerprint density at radius 3 is 2.25 bits per heavy atom. The van der Waals surface area contributed by atoms with Gasteiger partial charge in [-0.3, -0.25) is 19.2 Å². The van der Waals surface area contributed by atoms with Crippen LogP contribution in [0.1, 0.15) is 136 Å². The van der Waals surface area contributed by atoms with E-state index in [0.717, 1.165) is 5.57 Å². The fourth-order valence-electron chi connectivity index (χ4n) is 11.0. The summed E-state index contributed by atoms with van der Waals surface area (Å²) in [6.07, 6.45) is 10.8. The number of methoxy groups -OCH3 is 3. The van der Waals surface area contributed by atoms with Crippen molar-refractivity contribution in [1.29, 1.82) is 0 Å². The number of nitrogens with zero attached hydrogens (tertiary/aromatic N) is 1. The molecule has 5 rings (SSSR count). The highest BCUT2D eigenvalue weighted by atomic mass is 16.6. The molecule has 4 aliphatic rings. The molecule has 0 spiro atoms. The van der Waals surface area contributed by atoms with Gasteiger partial charge in [-0.05, 0) is 119 Å². The second kappa shape index (κ2) is 27.8. The van der Waals surface area contributed by atoms with Crippen molar-refractivity contribution in [3.05, 3.63) is 83.5 Å². The summed E-state index contributed by atoms with van der Waals surface area (Å²) >= 11 is 0. The van der Waals surface area contributed by atoms with Crippen molar-refractivity contribution >= 4 is 35.2 Å². The molecule has 2 saturated heterocycles. The van der Waals surface area contributed by atoms with Crippen molar-refractivity contribution in [2.24, 2.45) is 35.5 Å². The molecule has 0 aromatic heterocycles. The van der Waals surface area contributed by atoms with Gasteiger partial charge in [0.15, 0.2) is 5.78 Å². The second-order valence-electron chi connectivity index (χ2n) is 21.3. The van der Waals surface area contributed by atoms with Gasteiger partial charge in [0.05, 0.1) is 23.9 Å². The molecule has 2 bridgehead atoms. The fourth-order valence-corrected chi connectivity index (χ4v) is 11.0. The zero-order valence-corrected chi connectivity index (χ0v) is 44.9. The number of esters is 2. The van der Waals surface area contributed by atoms with E-state index in [4.69, 9.17) is 28.4 Å². The maximum absolute atomic E-state index is 14.6. The van der Waals surface area contributed by atoms with Crippen molar-refractivity contribution in [3.63, 3.8) is 0 Å². The molecule has 3 aliphatic heterocycles. The van der Waals surface area contributed by atoms with Crippen LogP contribution in [0.2, 0.25) is 0 Å². The number of Topliss-reactive ketones (excluding diaryl/α,β-unsaturated/α-hetero) is 3. The third kappa shape index (κ3) is 15.7. The Labute approximate surface area is 433 Å². The number of benzene rings is 1. The zero-order chi connectivity index (χ0) is 53.6. The number of carbonyl (C=O) groups excluding carboxylic acids is 6. The molecule has 1 aliphatic carbocycles. The zero-order valence-electron chi connectivity index (χ0n) is 44.9. The van der Waals surface area contributed by atoms with Gasteiger partial charge >= 0.3 is 11.9 Å². The minimum Gasteiger partial charge on any atom is -0.460 e. The van der Waals surface area contributed by atoms with Crippen LogP contribution >= 0.6 is 0 Å². The molecular weight excluding hydrogens is 935 g/mol. The third-order valence-electron chi connectivity index (χ3n) is 15.7. The molecule has 1 amide bonds. The lowest BCUT2D eigenvalue weighted by atomic mass is 9.78. The van der Waals surface area contributed by atoms with E-state index < -0.39 is 102 Å². The highest BCUT2D eigenvalue weighted by Gasteiger charge is 2.53. The molecule has 0 radical (unpaired) electrons. The summed E-state index contributed by atoms with van der Waals surface area (Å²) in [4.78, 5) is 85.5. The molecule has 3 fully saturated rings. The van der Waals surface area contributed by atoms with Gasteiger partial charge in [-0.1, -0.05) is 89.3 Å². The Bertz CT molecular complexity index is 2170. The molecule has 1 saturated carbocycles. The van der Waals surface area contributed by atoms with E-state index in [1.54, 1.807) is 65.3 Å². The number of cyclic esters (lactones) is 1. The average molecular weight is 1020 g/mol. The van der Waals surface area contributed by atoms with Crippen LogP contribution in [0.15, 0.2) is 77.9 Å². The first-order valence-electron chi connectivity index (χ1n) is 26.5. The van der Waals surface area contributed by atoms with Crippen molar-refractivity contribution in [2.75, 3.05) is 27.9 Å². The van der Waals surface area contributed by atoms with Gasteiger partial charge in [0.2, 0.25) is 5.79 Å². The van der Waals surface area contributed by atoms with Gasteiger partial charge in [0, 0.05) is 58.5 Å². The largest absolute Gasteiger partial charge is 0.460 e. The first-order valence-corrected chi connectivity index (χ1v) is 26.5. The molecule has 1 unspecified atom stereocenters. The maximum atomic E-state index is 14.6. The summed E-state index contributed by atoms with van der Waals surface area (Å²) in [5, 5.41) is 23.5. The Morgan fingerprint density at radius 1 is 0.836 bits per heavy atom. The molecule has 1 aromatic rings. The van der Waals surface area contributed by atoms with Crippen molar-refractivity contribution < 1.29 is 67.4 Å². The number of hydrogen-bond donors (Lipinski definition) is 2. The lowest BCUT2D eigenvalue weighted by molar-refractivity contribution is -0.265. The minimum atomic E-state index is -2.45. The topological polar surface area (TPSA) is 201 Å². The van der Waals surface area contributed by atoms with Crippen molar-refractivity contribution in [2.45, 2.75) is 180 Å². The number of ketones is 3. The summed E-state index contributed by atoms with van der Waals surface area (Å²) in [7, 11) is 4.53. The number of rotatable bonds is 8. The maximum Gasteiger partial charge on any atom is 0.338 e. The van der Waals surface area contributed by atoms with Crippen LogP contribution in [0.3, 0.4) is 0 Å². The van der Waals surface area contributed by atoms with E-state index in [1.165, 1.54) is 12.0 Å².